The fourth-order valence-electron chi connectivity index (χ4n) is 2.64. The van der Waals surface area contributed by atoms with Crippen LogP contribution in [0.1, 0.15) is 30.5 Å². The first-order valence-corrected chi connectivity index (χ1v) is 6.96. The van der Waals surface area contributed by atoms with E-state index in [9.17, 15) is 4.79 Å². The molecule has 1 saturated carbocycles. The van der Waals surface area contributed by atoms with Gasteiger partial charge >= 0.3 is 0 Å². The SMILES string of the molecule is Cc1ncnc(NC[C@@H]2CC(=O)N(C3CC3)C2)c1C. The van der Waals surface area contributed by atoms with Crippen molar-refractivity contribution < 1.29 is 4.79 Å². The van der Waals surface area contributed by atoms with Gasteiger partial charge in [-0.05, 0) is 26.7 Å². The van der Waals surface area contributed by atoms with E-state index in [1.165, 1.54) is 12.8 Å². The predicted molar refractivity (Wildman–Crippen MR) is 72.8 cm³/mol. The highest BCUT2D eigenvalue weighted by atomic mass is 16.2. The van der Waals surface area contributed by atoms with Gasteiger partial charge in [0.15, 0.2) is 0 Å². The van der Waals surface area contributed by atoms with Crippen LogP contribution >= 0.6 is 0 Å². The molecule has 1 aliphatic carbocycles. The average Bonchev–Trinajstić information content (AvgIpc) is 3.16. The van der Waals surface area contributed by atoms with E-state index in [0.717, 1.165) is 30.2 Å². The molecule has 1 N–H and O–H groups in total. The van der Waals surface area contributed by atoms with Crippen molar-refractivity contribution in [2.45, 2.75) is 39.2 Å². The number of rotatable bonds is 4. The Kier molecular flexibility index (Phi) is 3.12. The molecule has 1 aliphatic heterocycles. The number of nitrogens with zero attached hydrogens (tertiary/aromatic N) is 3. The molecular formula is C14H20N4O. The van der Waals surface area contributed by atoms with Crippen molar-refractivity contribution >= 4 is 11.7 Å². The lowest BCUT2D eigenvalue weighted by Gasteiger charge is -2.16. The molecule has 3 rings (SSSR count). The summed E-state index contributed by atoms with van der Waals surface area (Å²) in [5.41, 5.74) is 2.09. The highest BCUT2D eigenvalue weighted by Gasteiger charge is 2.39. The van der Waals surface area contributed by atoms with Crippen LogP contribution < -0.4 is 5.32 Å². The summed E-state index contributed by atoms with van der Waals surface area (Å²) in [6.07, 6.45) is 4.64. The predicted octanol–water partition coefficient (Wildman–Crippen LogP) is 1.52. The fraction of sp³-hybridized carbons (Fsp3) is 0.643. The van der Waals surface area contributed by atoms with E-state index in [2.05, 4.69) is 20.2 Å². The number of anilines is 1. The zero-order valence-corrected chi connectivity index (χ0v) is 11.5. The third-order valence-electron chi connectivity index (χ3n) is 4.12. The number of nitrogens with one attached hydrogen (secondary N) is 1. The van der Waals surface area contributed by atoms with Gasteiger partial charge in [0.25, 0.3) is 0 Å². The molecule has 1 atom stereocenters. The summed E-state index contributed by atoms with van der Waals surface area (Å²) in [5, 5.41) is 3.37. The van der Waals surface area contributed by atoms with Crippen LogP contribution in [0.15, 0.2) is 6.33 Å². The number of aromatic nitrogens is 2. The third kappa shape index (κ3) is 2.55. The van der Waals surface area contributed by atoms with Crippen LogP contribution in [0.5, 0.6) is 0 Å². The van der Waals surface area contributed by atoms with Gasteiger partial charge < -0.3 is 10.2 Å². The first-order valence-electron chi connectivity index (χ1n) is 6.96. The number of hydrogen-bond donors (Lipinski definition) is 1. The van der Waals surface area contributed by atoms with Gasteiger partial charge in [-0.2, -0.15) is 0 Å². The van der Waals surface area contributed by atoms with Gasteiger partial charge in [-0.1, -0.05) is 0 Å². The molecule has 5 heteroatoms. The molecular weight excluding hydrogens is 240 g/mol. The van der Waals surface area contributed by atoms with E-state index >= 15 is 0 Å². The topological polar surface area (TPSA) is 58.1 Å². The molecule has 102 valence electrons. The lowest BCUT2D eigenvalue weighted by atomic mass is 10.1. The molecule has 2 aliphatic rings. The van der Waals surface area contributed by atoms with Crippen molar-refractivity contribution in [3.05, 3.63) is 17.6 Å². The molecule has 0 aromatic carbocycles. The first-order chi connectivity index (χ1) is 9.15. The molecule has 1 amide bonds. The first kappa shape index (κ1) is 12.4. The summed E-state index contributed by atoms with van der Waals surface area (Å²) in [5.74, 6) is 1.62. The molecule has 19 heavy (non-hydrogen) atoms. The minimum atomic E-state index is 0.324. The second kappa shape index (κ2) is 4.79. The minimum absolute atomic E-state index is 0.324. The molecule has 0 bridgehead atoms. The third-order valence-corrected chi connectivity index (χ3v) is 4.12. The lowest BCUT2D eigenvalue weighted by molar-refractivity contribution is -0.128. The van der Waals surface area contributed by atoms with Gasteiger partial charge in [-0.15, -0.1) is 0 Å². The smallest absolute Gasteiger partial charge is 0.223 e. The van der Waals surface area contributed by atoms with Gasteiger partial charge in [0.2, 0.25) is 5.91 Å². The Labute approximate surface area is 113 Å². The summed E-state index contributed by atoms with van der Waals surface area (Å²) in [7, 11) is 0. The summed E-state index contributed by atoms with van der Waals surface area (Å²) < 4.78 is 0. The Balaban J connectivity index is 1.58. The maximum absolute atomic E-state index is 11.9. The molecule has 0 radical (unpaired) electrons. The van der Waals surface area contributed by atoms with E-state index < -0.39 is 0 Å². The van der Waals surface area contributed by atoms with E-state index in [4.69, 9.17) is 0 Å². The maximum atomic E-state index is 11.9. The van der Waals surface area contributed by atoms with Crippen LogP contribution in [0.2, 0.25) is 0 Å². The number of amides is 1. The lowest BCUT2D eigenvalue weighted by Crippen LogP contribution is -2.28. The van der Waals surface area contributed by atoms with Crippen molar-refractivity contribution in [1.82, 2.24) is 14.9 Å². The molecule has 0 unspecified atom stereocenters. The van der Waals surface area contributed by atoms with Crippen LogP contribution in [-0.2, 0) is 4.79 Å². The molecule has 5 nitrogen and oxygen atoms in total. The van der Waals surface area contributed by atoms with Crippen LogP contribution in [-0.4, -0.2) is 39.9 Å². The van der Waals surface area contributed by atoms with E-state index in [-0.39, 0.29) is 0 Å². The summed E-state index contributed by atoms with van der Waals surface area (Å²) >= 11 is 0. The Hall–Kier alpha value is -1.65. The van der Waals surface area contributed by atoms with Crippen molar-refractivity contribution in [2.24, 2.45) is 5.92 Å². The fourth-order valence-corrected chi connectivity index (χ4v) is 2.64. The van der Waals surface area contributed by atoms with Crippen LogP contribution in [0.3, 0.4) is 0 Å². The number of carbonyl (C=O) groups is 1. The van der Waals surface area contributed by atoms with Crippen LogP contribution in [0, 0.1) is 19.8 Å². The maximum Gasteiger partial charge on any atom is 0.223 e. The molecule has 1 aromatic heterocycles. The summed E-state index contributed by atoms with van der Waals surface area (Å²) in [6, 6.07) is 0.542. The number of aryl methyl sites for hydroxylation is 1. The second-order valence-corrected chi connectivity index (χ2v) is 5.66. The van der Waals surface area contributed by atoms with Crippen LogP contribution in [0.25, 0.3) is 0 Å². The zero-order chi connectivity index (χ0) is 13.4. The van der Waals surface area contributed by atoms with Gasteiger partial charge in [0, 0.05) is 42.7 Å². The molecule has 2 heterocycles. The Morgan fingerprint density at radius 1 is 1.37 bits per heavy atom. The largest absolute Gasteiger partial charge is 0.369 e. The van der Waals surface area contributed by atoms with Crippen molar-refractivity contribution in [1.29, 1.82) is 0 Å². The van der Waals surface area contributed by atoms with E-state index in [1.807, 2.05) is 13.8 Å². The van der Waals surface area contributed by atoms with Gasteiger partial charge in [-0.25, -0.2) is 9.97 Å². The average molecular weight is 260 g/mol. The molecule has 2 fully saturated rings. The standard InChI is InChI=1S/C14H20N4O/c1-9-10(2)16-8-17-14(9)15-6-11-5-13(19)18(7-11)12-3-4-12/h8,11-12H,3-7H2,1-2H3,(H,15,16,17)/t11-/m0/s1. The summed E-state index contributed by atoms with van der Waals surface area (Å²) in [4.78, 5) is 22.4. The number of hydrogen-bond acceptors (Lipinski definition) is 4. The van der Waals surface area contributed by atoms with Gasteiger partial charge in [0.05, 0.1) is 0 Å². The monoisotopic (exact) mass is 260 g/mol. The number of carbonyl (C=O) groups excluding carboxylic acids is 1. The Bertz CT molecular complexity index is 498. The highest BCUT2D eigenvalue weighted by Crippen LogP contribution is 2.32. The van der Waals surface area contributed by atoms with Crippen molar-refractivity contribution in [2.75, 3.05) is 18.4 Å². The molecule has 1 aromatic rings. The minimum Gasteiger partial charge on any atom is -0.369 e. The quantitative estimate of drug-likeness (QED) is 0.891. The second-order valence-electron chi connectivity index (χ2n) is 5.66. The van der Waals surface area contributed by atoms with E-state index in [1.54, 1.807) is 6.33 Å². The van der Waals surface area contributed by atoms with Crippen LogP contribution in [0.4, 0.5) is 5.82 Å². The Morgan fingerprint density at radius 2 is 2.16 bits per heavy atom. The number of likely N-dealkylation sites (tertiary alicyclic amines) is 1. The van der Waals surface area contributed by atoms with Gasteiger partial charge in [-0.3, -0.25) is 4.79 Å². The summed E-state index contributed by atoms with van der Waals surface area (Å²) in [6.45, 7) is 5.72. The van der Waals surface area contributed by atoms with E-state index in [0.29, 0.717) is 24.3 Å². The normalized spacial score (nSPS) is 22.9. The van der Waals surface area contributed by atoms with Crippen molar-refractivity contribution in [3.63, 3.8) is 0 Å². The highest BCUT2D eigenvalue weighted by molar-refractivity contribution is 5.79. The zero-order valence-electron chi connectivity index (χ0n) is 11.5. The van der Waals surface area contributed by atoms with Crippen molar-refractivity contribution in [3.8, 4) is 0 Å². The molecule has 0 spiro atoms. The Morgan fingerprint density at radius 3 is 2.89 bits per heavy atom. The molecule has 1 saturated heterocycles. The van der Waals surface area contributed by atoms with Gasteiger partial charge in [0.1, 0.15) is 12.1 Å².